The Kier molecular flexibility index (Phi) is 3.83. The van der Waals surface area contributed by atoms with Gasteiger partial charge in [-0.25, -0.2) is 10.8 Å². The van der Waals surface area contributed by atoms with Gasteiger partial charge in [-0.05, 0) is 46.3 Å². The van der Waals surface area contributed by atoms with E-state index in [9.17, 15) is 0 Å². The van der Waals surface area contributed by atoms with Gasteiger partial charge in [-0.3, -0.25) is 0 Å². The molecule has 0 bridgehead atoms. The van der Waals surface area contributed by atoms with Crippen LogP contribution in [0, 0.1) is 0 Å². The van der Waals surface area contributed by atoms with Crippen LogP contribution in [0.5, 0.6) is 0 Å². The summed E-state index contributed by atoms with van der Waals surface area (Å²) >= 11 is 9.33. The molecular formula is C11H10BrClN4. The molecule has 4 N–H and O–H groups in total. The van der Waals surface area contributed by atoms with Gasteiger partial charge in [-0.15, -0.1) is 0 Å². The summed E-state index contributed by atoms with van der Waals surface area (Å²) in [6.07, 6.45) is 0. The molecule has 0 spiro atoms. The van der Waals surface area contributed by atoms with Crippen LogP contribution in [0.15, 0.2) is 40.9 Å². The molecule has 88 valence electrons. The summed E-state index contributed by atoms with van der Waals surface area (Å²) in [6, 6.07) is 11.1. The Morgan fingerprint density at radius 2 is 1.94 bits per heavy atom. The van der Waals surface area contributed by atoms with Gasteiger partial charge in [-0.1, -0.05) is 17.7 Å². The minimum atomic E-state index is 0.596. The second kappa shape index (κ2) is 5.35. The second-order valence-electron chi connectivity index (χ2n) is 3.31. The van der Waals surface area contributed by atoms with E-state index in [2.05, 4.69) is 31.7 Å². The highest BCUT2D eigenvalue weighted by molar-refractivity contribution is 9.10. The molecule has 1 aromatic carbocycles. The lowest BCUT2D eigenvalue weighted by atomic mass is 10.3. The van der Waals surface area contributed by atoms with Crippen LogP contribution < -0.4 is 16.6 Å². The molecule has 0 aliphatic carbocycles. The van der Waals surface area contributed by atoms with Crippen molar-refractivity contribution >= 4 is 44.9 Å². The van der Waals surface area contributed by atoms with E-state index in [4.69, 9.17) is 17.4 Å². The highest BCUT2D eigenvalue weighted by Gasteiger charge is 2.01. The van der Waals surface area contributed by atoms with Crippen LogP contribution in [0.1, 0.15) is 0 Å². The predicted molar refractivity (Wildman–Crippen MR) is 74.5 cm³/mol. The van der Waals surface area contributed by atoms with Gasteiger partial charge in [0.1, 0.15) is 11.6 Å². The van der Waals surface area contributed by atoms with Crippen molar-refractivity contribution in [2.75, 3.05) is 10.7 Å². The van der Waals surface area contributed by atoms with E-state index >= 15 is 0 Å². The first-order valence-electron chi connectivity index (χ1n) is 4.85. The maximum absolute atomic E-state index is 6.00. The first-order chi connectivity index (χ1) is 8.19. The van der Waals surface area contributed by atoms with Crippen molar-refractivity contribution in [2.24, 2.45) is 5.84 Å². The van der Waals surface area contributed by atoms with E-state index < -0.39 is 0 Å². The van der Waals surface area contributed by atoms with Gasteiger partial charge in [0.2, 0.25) is 0 Å². The van der Waals surface area contributed by atoms with Crippen molar-refractivity contribution < 1.29 is 0 Å². The molecule has 0 aliphatic rings. The topological polar surface area (TPSA) is 63.0 Å². The van der Waals surface area contributed by atoms with Crippen LogP contribution in [0.3, 0.4) is 0 Å². The Morgan fingerprint density at radius 3 is 2.65 bits per heavy atom. The summed E-state index contributed by atoms with van der Waals surface area (Å²) in [5.74, 6) is 6.58. The van der Waals surface area contributed by atoms with E-state index in [1.165, 1.54) is 0 Å². The number of aromatic nitrogens is 1. The lowest BCUT2D eigenvalue weighted by molar-refractivity contribution is 1.22. The minimum absolute atomic E-state index is 0.596. The fourth-order valence-corrected chi connectivity index (χ4v) is 1.73. The SMILES string of the molecule is NNc1cccc(Nc2ccc(Br)c(Cl)c2)n1. The van der Waals surface area contributed by atoms with E-state index in [1.807, 2.05) is 30.3 Å². The number of pyridine rings is 1. The highest BCUT2D eigenvalue weighted by atomic mass is 79.9. The molecule has 2 aromatic rings. The Morgan fingerprint density at radius 1 is 1.18 bits per heavy atom. The van der Waals surface area contributed by atoms with Gasteiger partial charge in [0.25, 0.3) is 0 Å². The standard InChI is InChI=1S/C11H10BrClN4/c12-8-5-4-7(6-9(8)13)15-10-2-1-3-11(16-10)17-14/h1-6H,14H2,(H2,15,16,17). The number of halogens is 2. The van der Waals surface area contributed by atoms with Crippen molar-refractivity contribution in [2.45, 2.75) is 0 Å². The number of nitrogens with one attached hydrogen (secondary N) is 2. The second-order valence-corrected chi connectivity index (χ2v) is 4.57. The van der Waals surface area contributed by atoms with Crippen LogP contribution in [0.2, 0.25) is 5.02 Å². The number of hydrazine groups is 1. The lowest BCUT2D eigenvalue weighted by Gasteiger charge is -2.08. The number of hydrogen-bond donors (Lipinski definition) is 3. The zero-order valence-corrected chi connectivity index (χ0v) is 11.1. The summed E-state index contributed by atoms with van der Waals surface area (Å²) in [4.78, 5) is 4.24. The normalized spacial score (nSPS) is 10.1. The van der Waals surface area contributed by atoms with Crippen molar-refractivity contribution in [3.63, 3.8) is 0 Å². The molecule has 2 rings (SSSR count). The van der Waals surface area contributed by atoms with Gasteiger partial charge < -0.3 is 10.7 Å². The smallest absolute Gasteiger partial charge is 0.142 e. The van der Waals surface area contributed by atoms with E-state index in [1.54, 1.807) is 6.07 Å². The maximum Gasteiger partial charge on any atom is 0.142 e. The molecule has 0 saturated carbocycles. The molecule has 0 fully saturated rings. The molecular weight excluding hydrogens is 304 g/mol. The van der Waals surface area contributed by atoms with E-state index in [0.717, 1.165) is 10.2 Å². The van der Waals surface area contributed by atoms with Gasteiger partial charge in [0.15, 0.2) is 0 Å². The number of nitrogen functional groups attached to an aromatic ring is 1. The fourth-order valence-electron chi connectivity index (χ4n) is 1.31. The third-order valence-electron chi connectivity index (χ3n) is 2.09. The van der Waals surface area contributed by atoms with E-state index in [0.29, 0.717) is 16.7 Å². The van der Waals surface area contributed by atoms with Crippen LogP contribution in [-0.2, 0) is 0 Å². The van der Waals surface area contributed by atoms with Crippen LogP contribution >= 0.6 is 27.5 Å². The predicted octanol–water partition coefficient (Wildman–Crippen LogP) is 3.53. The van der Waals surface area contributed by atoms with Gasteiger partial charge in [0, 0.05) is 10.2 Å². The van der Waals surface area contributed by atoms with Gasteiger partial charge >= 0.3 is 0 Å². The summed E-state index contributed by atoms with van der Waals surface area (Å²) in [5.41, 5.74) is 3.35. The average molecular weight is 314 g/mol. The summed E-state index contributed by atoms with van der Waals surface area (Å²) in [6.45, 7) is 0. The van der Waals surface area contributed by atoms with Crippen LogP contribution in [0.25, 0.3) is 0 Å². The summed E-state index contributed by atoms with van der Waals surface area (Å²) in [7, 11) is 0. The molecule has 0 atom stereocenters. The molecule has 0 aliphatic heterocycles. The molecule has 1 aromatic heterocycles. The van der Waals surface area contributed by atoms with Crippen LogP contribution in [-0.4, -0.2) is 4.98 Å². The molecule has 0 saturated heterocycles. The molecule has 6 heteroatoms. The zero-order chi connectivity index (χ0) is 12.3. The fraction of sp³-hybridized carbons (Fsp3) is 0. The Bertz CT molecular complexity index is 533. The molecule has 4 nitrogen and oxygen atoms in total. The quantitative estimate of drug-likeness (QED) is 0.599. The van der Waals surface area contributed by atoms with Crippen molar-refractivity contribution in [1.29, 1.82) is 0 Å². The summed E-state index contributed by atoms with van der Waals surface area (Å²) < 4.78 is 0.857. The third-order valence-corrected chi connectivity index (χ3v) is 3.32. The van der Waals surface area contributed by atoms with Crippen molar-refractivity contribution in [3.8, 4) is 0 Å². The number of anilines is 3. The first-order valence-corrected chi connectivity index (χ1v) is 6.02. The van der Waals surface area contributed by atoms with Gasteiger partial charge in [0.05, 0.1) is 5.02 Å². The number of hydrogen-bond acceptors (Lipinski definition) is 4. The minimum Gasteiger partial charge on any atom is -0.340 e. The monoisotopic (exact) mass is 312 g/mol. The number of nitrogens with two attached hydrogens (primary N) is 1. The van der Waals surface area contributed by atoms with E-state index in [-0.39, 0.29) is 0 Å². The highest BCUT2D eigenvalue weighted by Crippen LogP contribution is 2.27. The maximum atomic E-state index is 6.00. The van der Waals surface area contributed by atoms with Gasteiger partial charge in [-0.2, -0.15) is 0 Å². The number of benzene rings is 1. The van der Waals surface area contributed by atoms with Crippen molar-refractivity contribution in [1.82, 2.24) is 4.98 Å². The third kappa shape index (κ3) is 3.09. The van der Waals surface area contributed by atoms with Crippen LogP contribution in [0.4, 0.5) is 17.3 Å². The lowest BCUT2D eigenvalue weighted by Crippen LogP contribution is -2.08. The first kappa shape index (κ1) is 12.2. The Hall–Kier alpha value is -1.30. The largest absolute Gasteiger partial charge is 0.340 e. The summed E-state index contributed by atoms with van der Waals surface area (Å²) in [5, 5.41) is 3.78. The van der Waals surface area contributed by atoms with Crippen molar-refractivity contribution in [3.05, 3.63) is 45.9 Å². The Balaban J connectivity index is 2.22. The Labute approximate surface area is 112 Å². The zero-order valence-electron chi connectivity index (χ0n) is 8.74. The molecule has 1 heterocycles. The number of rotatable bonds is 3. The molecule has 0 unspecified atom stereocenters. The number of nitrogens with zero attached hydrogens (tertiary/aromatic N) is 1. The average Bonchev–Trinajstić information content (AvgIpc) is 2.34. The molecule has 0 amide bonds. The molecule has 17 heavy (non-hydrogen) atoms. The molecule has 0 radical (unpaired) electrons.